The monoisotopic (exact) mass is 170 g/mol. The van der Waals surface area contributed by atoms with E-state index in [1.54, 1.807) is 6.08 Å². The molecule has 0 aromatic rings. The smallest absolute Gasteiger partial charge is 0.402 e. The van der Waals surface area contributed by atoms with Gasteiger partial charge in [-0.25, -0.2) is 0 Å². The number of rotatable bonds is 3. The Morgan fingerprint density at radius 2 is 2.17 bits per heavy atom. The summed E-state index contributed by atoms with van der Waals surface area (Å²) in [6.07, 6.45) is 3.07. The predicted octanol–water partition coefficient (Wildman–Crippen LogP) is 0.304. The minimum atomic E-state index is -1.82. The quantitative estimate of drug-likeness (QED) is 0.598. The van der Waals surface area contributed by atoms with Crippen LogP contribution in [0.3, 0.4) is 0 Å². The lowest BCUT2D eigenvalue weighted by Crippen LogP contribution is -2.39. The van der Waals surface area contributed by atoms with Crippen LogP contribution >= 0.6 is 0 Å². The Kier molecular flexibility index (Phi) is 2.61. The van der Waals surface area contributed by atoms with Crippen LogP contribution in [0.4, 0.5) is 0 Å². The number of hydrogen-bond acceptors (Lipinski definition) is 5. The summed E-state index contributed by atoms with van der Waals surface area (Å²) in [5.74, 6) is 0.00167. The first kappa shape index (κ1) is 9.37. The van der Waals surface area contributed by atoms with Crippen molar-refractivity contribution in [2.45, 2.75) is 19.6 Å². The highest BCUT2D eigenvalue weighted by atomic mass is 16.6. The number of azo groups is 1. The summed E-state index contributed by atoms with van der Waals surface area (Å²) in [5.41, 5.74) is -1.01. The summed E-state index contributed by atoms with van der Waals surface area (Å²) in [6.45, 7) is 3.72. The molecule has 0 fully saturated rings. The van der Waals surface area contributed by atoms with Crippen molar-refractivity contribution in [3.63, 3.8) is 0 Å². The molecule has 1 aliphatic rings. The van der Waals surface area contributed by atoms with E-state index in [-0.39, 0.29) is 5.92 Å². The van der Waals surface area contributed by atoms with Gasteiger partial charge in [0.25, 0.3) is 0 Å². The molecule has 0 saturated heterocycles. The van der Waals surface area contributed by atoms with E-state index in [2.05, 4.69) is 10.2 Å². The Labute approximate surface area is 70.9 Å². The fourth-order valence-corrected chi connectivity index (χ4v) is 0.973. The second-order valence-corrected chi connectivity index (χ2v) is 2.88. The van der Waals surface area contributed by atoms with Gasteiger partial charge in [-0.2, -0.15) is 5.11 Å². The van der Waals surface area contributed by atoms with Crippen molar-refractivity contribution in [3.05, 3.63) is 12.3 Å². The van der Waals surface area contributed by atoms with E-state index in [0.717, 1.165) is 0 Å². The molecule has 0 aromatic carbocycles. The Morgan fingerprint density at radius 3 is 2.50 bits per heavy atom. The van der Waals surface area contributed by atoms with E-state index in [1.807, 2.05) is 13.8 Å². The Morgan fingerprint density at radius 1 is 1.50 bits per heavy atom. The summed E-state index contributed by atoms with van der Waals surface area (Å²) < 4.78 is 4.82. The molecule has 0 radical (unpaired) electrons. The van der Waals surface area contributed by atoms with Crippen LogP contribution in [-0.2, 0) is 4.65 Å². The van der Waals surface area contributed by atoms with Crippen LogP contribution in [0.5, 0.6) is 0 Å². The van der Waals surface area contributed by atoms with Crippen molar-refractivity contribution < 1.29 is 14.7 Å². The minimum Gasteiger partial charge on any atom is -0.402 e. The third kappa shape index (κ3) is 1.71. The van der Waals surface area contributed by atoms with E-state index in [9.17, 15) is 0 Å². The fourth-order valence-electron chi connectivity index (χ4n) is 0.973. The summed E-state index contributed by atoms with van der Waals surface area (Å²) in [4.78, 5) is 0. The lowest BCUT2D eigenvalue weighted by molar-refractivity contribution is 0.0275. The van der Waals surface area contributed by atoms with Crippen LogP contribution in [0.1, 0.15) is 13.8 Å². The van der Waals surface area contributed by atoms with Gasteiger partial charge in [-0.05, 0) is 6.08 Å². The third-order valence-electron chi connectivity index (χ3n) is 1.72. The molecule has 0 spiro atoms. The SMILES string of the molecule is CC(C)C1(OB(O)O)C=CN=N1. The second-order valence-electron chi connectivity index (χ2n) is 2.88. The molecule has 0 amide bonds. The first-order valence-electron chi connectivity index (χ1n) is 3.70. The predicted molar refractivity (Wildman–Crippen MR) is 42.8 cm³/mol. The maximum atomic E-state index is 8.62. The van der Waals surface area contributed by atoms with E-state index >= 15 is 0 Å². The van der Waals surface area contributed by atoms with E-state index in [0.29, 0.717) is 0 Å². The zero-order chi connectivity index (χ0) is 9.19. The molecule has 1 aliphatic heterocycles. The van der Waals surface area contributed by atoms with Gasteiger partial charge >= 0.3 is 7.32 Å². The van der Waals surface area contributed by atoms with Crippen LogP contribution in [0.25, 0.3) is 0 Å². The largest absolute Gasteiger partial charge is 0.635 e. The molecule has 5 nitrogen and oxygen atoms in total. The van der Waals surface area contributed by atoms with Gasteiger partial charge in [-0.1, -0.05) is 13.8 Å². The molecule has 1 rings (SSSR count). The zero-order valence-electron chi connectivity index (χ0n) is 7.01. The molecule has 66 valence electrons. The average molecular weight is 170 g/mol. The standard InChI is InChI=1S/C6H11BN2O3/c1-5(2)6(12-7(10)11)3-4-8-9-6/h3-5,10-11H,1-2H3. The van der Waals surface area contributed by atoms with Gasteiger partial charge < -0.3 is 14.7 Å². The van der Waals surface area contributed by atoms with Gasteiger partial charge in [0.05, 0.1) is 6.20 Å². The van der Waals surface area contributed by atoms with Gasteiger partial charge in [0.2, 0.25) is 0 Å². The lowest BCUT2D eigenvalue weighted by Gasteiger charge is -2.26. The summed E-state index contributed by atoms with van der Waals surface area (Å²) in [6, 6.07) is 0. The van der Waals surface area contributed by atoms with Crippen molar-refractivity contribution in [2.75, 3.05) is 0 Å². The molecule has 2 N–H and O–H groups in total. The first-order chi connectivity index (χ1) is 5.57. The molecule has 0 bridgehead atoms. The number of nitrogens with zero attached hydrogens (tertiary/aromatic N) is 2. The molecule has 6 heteroatoms. The van der Waals surface area contributed by atoms with Crippen molar-refractivity contribution in [2.24, 2.45) is 16.1 Å². The molecule has 1 heterocycles. The zero-order valence-corrected chi connectivity index (χ0v) is 7.01. The Hall–Kier alpha value is -0.715. The van der Waals surface area contributed by atoms with Gasteiger partial charge in [-0.15, -0.1) is 5.11 Å². The van der Waals surface area contributed by atoms with Crippen LogP contribution in [0.2, 0.25) is 0 Å². The van der Waals surface area contributed by atoms with Crippen LogP contribution in [-0.4, -0.2) is 23.1 Å². The van der Waals surface area contributed by atoms with Crippen LogP contribution in [0, 0.1) is 5.92 Å². The molecule has 0 saturated carbocycles. The molecule has 1 atom stereocenters. The number of hydrogen-bond donors (Lipinski definition) is 2. The fraction of sp³-hybridized carbons (Fsp3) is 0.667. The molecule has 0 aromatic heterocycles. The average Bonchev–Trinajstić information content (AvgIpc) is 2.35. The van der Waals surface area contributed by atoms with Crippen molar-refractivity contribution in [1.82, 2.24) is 0 Å². The molecule has 0 aliphatic carbocycles. The topological polar surface area (TPSA) is 74.4 Å². The Bertz CT molecular complexity index is 203. The molecular formula is C6H11BN2O3. The molecular weight excluding hydrogens is 159 g/mol. The summed E-state index contributed by atoms with van der Waals surface area (Å²) in [7, 11) is -1.82. The van der Waals surface area contributed by atoms with Crippen molar-refractivity contribution in [3.8, 4) is 0 Å². The minimum absolute atomic E-state index is 0.00167. The molecule has 1 unspecified atom stereocenters. The van der Waals surface area contributed by atoms with Crippen molar-refractivity contribution in [1.29, 1.82) is 0 Å². The lowest BCUT2D eigenvalue weighted by atomic mass is 9.99. The summed E-state index contributed by atoms with van der Waals surface area (Å²) >= 11 is 0. The summed E-state index contributed by atoms with van der Waals surface area (Å²) in [5, 5.41) is 24.6. The Balaban J connectivity index is 2.74. The van der Waals surface area contributed by atoms with Crippen LogP contribution in [0.15, 0.2) is 22.5 Å². The van der Waals surface area contributed by atoms with Crippen LogP contribution < -0.4 is 0 Å². The normalized spacial score (nSPS) is 27.1. The van der Waals surface area contributed by atoms with E-state index in [4.69, 9.17) is 14.7 Å². The first-order valence-corrected chi connectivity index (χ1v) is 3.70. The molecule has 12 heavy (non-hydrogen) atoms. The van der Waals surface area contributed by atoms with Gasteiger partial charge in [0.15, 0.2) is 5.72 Å². The van der Waals surface area contributed by atoms with E-state index < -0.39 is 13.0 Å². The maximum absolute atomic E-state index is 8.62. The van der Waals surface area contributed by atoms with Crippen molar-refractivity contribution >= 4 is 7.32 Å². The van der Waals surface area contributed by atoms with E-state index in [1.165, 1.54) is 6.20 Å². The van der Waals surface area contributed by atoms with Gasteiger partial charge in [0.1, 0.15) is 0 Å². The maximum Gasteiger partial charge on any atom is 0.635 e. The highest BCUT2D eigenvalue weighted by molar-refractivity contribution is 6.32. The van der Waals surface area contributed by atoms with Gasteiger partial charge in [-0.3, -0.25) is 0 Å². The third-order valence-corrected chi connectivity index (χ3v) is 1.72. The second kappa shape index (κ2) is 3.34. The van der Waals surface area contributed by atoms with Gasteiger partial charge in [0, 0.05) is 5.92 Å². The highest BCUT2D eigenvalue weighted by Gasteiger charge is 2.38. The highest BCUT2D eigenvalue weighted by Crippen LogP contribution is 2.29.